The summed E-state index contributed by atoms with van der Waals surface area (Å²) in [4.78, 5) is 13.6. The highest BCUT2D eigenvalue weighted by Gasteiger charge is 2.37. The highest BCUT2D eigenvalue weighted by Crippen LogP contribution is 2.15. The average Bonchev–Trinajstić information content (AvgIpc) is 2.13. The lowest BCUT2D eigenvalue weighted by Crippen LogP contribution is -2.61. The molecule has 0 aliphatic carbocycles. The van der Waals surface area contributed by atoms with Crippen LogP contribution in [0.3, 0.4) is 0 Å². The molecule has 0 aromatic heterocycles. The van der Waals surface area contributed by atoms with E-state index in [2.05, 4.69) is 10.2 Å². The first-order valence-corrected chi connectivity index (χ1v) is 6.62. The molecule has 0 aromatic rings. The first-order chi connectivity index (χ1) is 8.23. The summed E-state index contributed by atoms with van der Waals surface area (Å²) in [6, 6.07) is 0.141. The molecule has 5 heteroatoms. The molecule has 0 bridgehead atoms. The monoisotopic (exact) mass is 258 g/mol. The molecule has 3 unspecified atom stereocenters. The zero-order valence-corrected chi connectivity index (χ0v) is 12.1. The van der Waals surface area contributed by atoms with Gasteiger partial charge < -0.3 is 9.84 Å². The molecular weight excluding hydrogens is 232 g/mol. The molecule has 0 saturated carbocycles. The maximum absolute atomic E-state index is 11.5. The number of aliphatic carboxylic acids is 1. The zero-order valence-electron chi connectivity index (χ0n) is 12.1. The van der Waals surface area contributed by atoms with Gasteiger partial charge in [0, 0.05) is 25.7 Å². The summed E-state index contributed by atoms with van der Waals surface area (Å²) in [5.74, 6) is -0.803. The van der Waals surface area contributed by atoms with Crippen LogP contribution in [-0.4, -0.2) is 59.4 Å². The molecule has 1 aliphatic rings. The molecule has 0 aromatic carbocycles. The van der Waals surface area contributed by atoms with Gasteiger partial charge in [-0.25, -0.2) is 0 Å². The fourth-order valence-electron chi connectivity index (χ4n) is 2.67. The second-order valence-corrected chi connectivity index (χ2v) is 5.89. The smallest absolute Gasteiger partial charge is 0.324 e. The topological polar surface area (TPSA) is 61.8 Å². The molecule has 0 radical (unpaired) electrons. The summed E-state index contributed by atoms with van der Waals surface area (Å²) in [5, 5.41) is 12.6. The molecule has 2 N–H and O–H groups in total. The summed E-state index contributed by atoms with van der Waals surface area (Å²) < 4.78 is 5.66. The summed E-state index contributed by atoms with van der Waals surface area (Å²) in [6.45, 7) is 11.8. The van der Waals surface area contributed by atoms with E-state index in [9.17, 15) is 9.90 Å². The predicted molar refractivity (Wildman–Crippen MR) is 70.8 cm³/mol. The van der Waals surface area contributed by atoms with Crippen molar-refractivity contribution in [2.75, 3.05) is 19.6 Å². The average molecular weight is 258 g/mol. The molecule has 0 spiro atoms. The zero-order chi connectivity index (χ0) is 13.9. The lowest BCUT2D eigenvalue weighted by Gasteiger charge is -2.40. The van der Waals surface area contributed by atoms with Gasteiger partial charge in [-0.3, -0.25) is 15.0 Å². The van der Waals surface area contributed by atoms with Crippen molar-refractivity contribution in [2.24, 2.45) is 0 Å². The lowest BCUT2D eigenvalue weighted by molar-refractivity contribution is -0.147. The van der Waals surface area contributed by atoms with E-state index < -0.39 is 11.5 Å². The van der Waals surface area contributed by atoms with Crippen molar-refractivity contribution in [2.45, 2.75) is 58.4 Å². The number of morpholine rings is 1. The van der Waals surface area contributed by atoms with Crippen molar-refractivity contribution in [1.82, 2.24) is 10.2 Å². The van der Waals surface area contributed by atoms with Crippen LogP contribution in [0.1, 0.15) is 34.6 Å². The quantitative estimate of drug-likeness (QED) is 0.768. The molecule has 1 heterocycles. The van der Waals surface area contributed by atoms with Crippen molar-refractivity contribution in [3.05, 3.63) is 0 Å². The van der Waals surface area contributed by atoms with Crippen LogP contribution in [0, 0.1) is 0 Å². The molecule has 5 nitrogen and oxygen atoms in total. The van der Waals surface area contributed by atoms with E-state index in [0.29, 0.717) is 6.54 Å². The van der Waals surface area contributed by atoms with Crippen LogP contribution in [0.4, 0.5) is 0 Å². The third-order valence-corrected chi connectivity index (χ3v) is 3.11. The minimum absolute atomic E-state index is 0.141. The Balaban J connectivity index is 2.68. The first kappa shape index (κ1) is 15.4. The summed E-state index contributed by atoms with van der Waals surface area (Å²) in [6.07, 6.45) is 0.316. The predicted octanol–water partition coefficient (Wildman–Crippen LogP) is 0.937. The largest absolute Gasteiger partial charge is 0.480 e. The Bertz CT molecular complexity index is 286. The van der Waals surface area contributed by atoms with Crippen molar-refractivity contribution in [1.29, 1.82) is 0 Å². The number of carboxylic acid groups (broad SMARTS) is 1. The molecule has 1 fully saturated rings. The Labute approximate surface area is 109 Å². The molecule has 1 aliphatic heterocycles. The molecule has 18 heavy (non-hydrogen) atoms. The third kappa shape index (κ3) is 4.23. The van der Waals surface area contributed by atoms with Gasteiger partial charge in [0.05, 0.1) is 12.2 Å². The van der Waals surface area contributed by atoms with Gasteiger partial charge in [0.25, 0.3) is 0 Å². The maximum atomic E-state index is 11.5. The highest BCUT2D eigenvalue weighted by molar-refractivity contribution is 5.78. The molecule has 0 amide bonds. The van der Waals surface area contributed by atoms with Crippen LogP contribution in [0.5, 0.6) is 0 Å². The number of hydrogen-bond donors (Lipinski definition) is 2. The Morgan fingerprint density at radius 3 is 2.33 bits per heavy atom. The highest BCUT2D eigenvalue weighted by atomic mass is 16.5. The number of rotatable bonds is 5. The Morgan fingerprint density at radius 2 is 1.94 bits per heavy atom. The van der Waals surface area contributed by atoms with Gasteiger partial charge in [0.2, 0.25) is 0 Å². The van der Waals surface area contributed by atoms with Gasteiger partial charge in [-0.2, -0.15) is 0 Å². The second kappa shape index (κ2) is 5.99. The van der Waals surface area contributed by atoms with Crippen molar-refractivity contribution in [3.63, 3.8) is 0 Å². The SMILES string of the molecule is CC(C)NC(C)(CN1CC(C)OC(C)C1)C(=O)O. The van der Waals surface area contributed by atoms with E-state index in [-0.39, 0.29) is 18.2 Å². The Morgan fingerprint density at radius 1 is 1.44 bits per heavy atom. The second-order valence-electron chi connectivity index (χ2n) is 5.89. The maximum Gasteiger partial charge on any atom is 0.324 e. The number of hydrogen-bond acceptors (Lipinski definition) is 4. The molecule has 1 saturated heterocycles. The summed E-state index contributed by atoms with van der Waals surface area (Å²) in [5.41, 5.74) is -0.912. The van der Waals surface area contributed by atoms with E-state index in [1.165, 1.54) is 0 Å². The van der Waals surface area contributed by atoms with Crippen LogP contribution < -0.4 is 5.32 Å². The van der Waals surface area contributed by atoms with Gasteiger partial charge in [0.15, 0.2) is 0 Å². The fraction of sp³-hybridized carbons (Fsp3) is 0.923. The van der Waals surface area contributed by atoms with Crippen molar-refractivity contribution in [3.8, 4) is 0 Å². The minimum atomic E-state index is -0.912. The standard InChI is InChI=1S/C13H26N2O3/c1-9(2)14-13(5,12(16)17)8-15-6-10(3)18-11(4)7-15/h9-11,14H,6-8H2,1-5H3,(H,16,17). The first-order valence-electron chi connectivity index (χ1n) is 6.62. The summed E-state index contributed by atoms with van der Waals surface area (Å²) in [7, 11) is 0. The molecule has 1 rings (SSSR count). The number of ether oxygens (including phenoxy) is 1. The van der Waals surface area contributed by atoms with Crippen LogP contribution in [0.2, 0.25) is 0 Å². The van der Waals surface area contributed by atoms with Gasteiger partial charge >= 0.3 is 5.97 Å². The summed E-state index contributed by atoms with van der Waals surface area (Å²) >= 11 is 0. The normalized spacial score (nSPS) is 29.2. The van der Waals surface area contributed by atoms with Gasteiger partial charge in [-0.15, -0.1) is 0 Å². The third-order valence-electron chi connectivity index (χ3n) is 3.11. The number of carbonyl (C=O) groups is 1. The Hall–Kier alpha value is -0.650. The van der Waals surface area contributed by atoms with E-state index >= 15 is 0 Å². The van der Waals surface area contributed by atoms with Gasteiger partial charge in [-0.05, 0) is 34.6 Å². The number of carboxylic acids is 1. The van der Waals surface area contributed by atoms with Crippen LogP contribution in [0.15, 0.2) is 0 Å². The molecular formula is C13H26N2O3. The number of nitrogens with zero attached hydrogens (tertiary/aromatic N) is 1. The van der Waals surface area contributed by atoms with Gasteiger partial charge in [0.1, 0.15) is 5.54 Å². The van der Waals surface area contributed by atoms with Crippen LogP contribution in [-0.2, 0) is 9.53 Å². The Kier molecular flexibility index (Phi) is 5.13. The molecule has 3 atom stereocenters. The van der Waals surface area contributed by atoms with Crippen molar-refractivity contribution >= 4 is 5.97 Å². The lowest BCUT2D eigenvalue weighted by atomic mass is 9.99. The number of nitrogens with one attached hydrogen (secondary N) is 1. The fourth-order valence-corrected chi connectivity index (χ4v) is 2.67. The van der Waals surface area contributed by atoms with E-state index in [4.69, 9.17) is 4.74 Å². The van der Waals surface area contributed by atoms with Crippen LogP contribution in [0.25, 0.3) is 0 Å². The minimum Gasteiger partial charge on any atom is -0.480 e. The van der Waals surface area contributed by atoms with Crippen molar-refractivity contribution < 1.29 is 14.6 Å². The molecule has 106 valence electrons. The van der Waals surface area contributed by atoms with E-state index in [1.807, 2.05) is 27.7 Å². The van der Waals surface area contributed by atoms with E-state index in [0.717, 1.165) is 13.1 Å². The van der Waals surface area contributed by atoms with Crippen LogP contribution >= 0.6 is 0 Å². The van der Waals surface area contributed by atoms with Gasteiger partial charge in [-0.1, -0.05) is 0 Å². The van der Waals surface area contributed by atoms with E-state index in [1.54, 1.807) is 6.92 Å².